The number of aryl methyl sites for hydroxylation is 1. The van der Waals surface area contributed by atoms with E-state index in [1.165, 1.54) is 0 Å². The van der Waals surface area contributed by atoms with Crippen LogP contribution in [0, 0.1) is 0 Å². The molecule has 1 aromatic carbocycles. The highest BCUT2D eigenvalue weighted by Crippen LogP contribution is 2.09. The lowest BCUT2D eigenvalue weighted by molar-refractivity contribution is -0.129. The van der Waals surface area contributed by atoms with Gasteiger partial charge >= 0.3 is 0 Å². The van der Waals surface area contributed by atoms with Crippen molar-refractivity contribution in [3.63, 3.8) is 0 Å². The average Bonchev–Trinajstić information content (AvgIpc) is 2.50. The summed E-state index contributed by atoms with van der Waals surface area (Å²) in [5, 5.41) is 8.96. The van der Waals surface area contributed by atoms with Crippen LogP contribution in [0.3, 0.4) is 0 Å². The maximum Gasteiger partial charge on any atom is 0.258 e. The molecule has 1 amide bonds. The molecule has 112 valence electrons. The van der Waals surface area contributed by atoms with Crippen LogP contribution in [0.15, 0.2) is 29.1 Å². The summed E-state index contributed by atoms with van der Waals surface area (Å²) in [6.07, 6.45) is 4.56. The molecule has 1 heterocycles. The normalized spacial score (nSPS) is 10.7. The van der Waals surface area contributed by atoms with Gasteiger partial charge in [-0.05, 0) is 25.0 Å². The number of carbonyl (C=O) groups excluding carboxylic acids is 1. The van der Waals surface area contributed by atoms with E-state index < -0.39 is 0 Å². The number of nitrogens with one attached hydrogen (secondary N) is 2. The monoisotopic (exact) mass is 289 g/mol. The van der Waals surface area contributed by atoms with E-state index in [1.54, 1.807) is 11.5 Å². The number of hydroxylamine groups is 1. The Kier molecular flexibility index (Phi) is 5.45. The van der Waals surface area contributed by atoms with Gasteiger partial charge in [0, 0.05) is 12.8 Å². The molecule has 0 saturated heterocycles. The van der Waals surface area contributed by atoms with E-state index in [1.807, 2.05) is 18.2 Å². The lowest BCUT2D eigenvalue weighted by Crippen LogP contribution is -2.17. The smallest absolute Gasteiger partial charge is 0.258 e. The predicted octanol–water partition coefficient (Wildman–Crippen LogP) is 1.92. The third kappa shape index (κ3) is 4.39. The number of nitrogens with zero attached hydrogens (tertiary/aromatic N) is 1. The first-order valence-corrected chi connectivity index (χ1v) is 7.11. The highest BCUT2D eigenvalue weighted by Gasteiger charge is 2.03. The van der Waals surface area contributed by atoms with Gasteiger partial charge in [0.15, 0.2) is 0 Å². The highest BCUT2D eigenvalue weighted by atomic mass is 16.5. The Morgan fingerprint density at radius 3 is 2.76 bits per heavy atom. The predicted molar refractivity (Wildman–Crippen MR) is 79.1 cm³/mol. The van der Waals surface area contributed by atoms with Gasteiger partial charge in [0.2, 0.25) is 5.91 Å². The molecule has 0 aliphatic rings. The van der Waals surface area contributed by atoms with Gasteiger partial charge in [-0.15, -0.1) is 0 Å². The van der Waals surface area contributed by atoms with Gasteiger partial charge in [-0.25, -0.2) is 10.5 Å². The van der Waals surface area contributed by atoms with Crippen molar-refractivity contribution in [3.05, 3.63) is 40.4 Å². The maximum absolute atomic E-state index is 11.9. The lowest BCUT2D eigenvalue weighted by Gasteiger charge is -2.03. The summed E-state index contributed by atoms with van der Waals surface area (Å²) < 4.78 is 0. The fourth-order valence-corrected chi connectivity index (χ4v) is 2.24. The van der Waals surface area contributed by atoms with Crippen molar-refractivity contribution in [2.45, 2.75) is 38.5 Å². The maximum atomic E-state index is 11.9. The Balaban J connectivity index is 1.81. The number of hydrogen-bond acceptors (Lipinski definition) is 4. The molecule has 0 fully saturated rings. The fourth-order valence-electron chi connectivity index (χ4n) is 2.24. The van der Waals surface area contributed by atoms with E-state index in [0.717, 1.165) is 31.2 Å². The molecule has 0 aliphatic carbocycles. The van der Waals surface area contributed by atoms with Crippen LogP contribution in [-0.4, -0.2) is 21.1 Å². The van der Waals surface area contributed by atoms with Crippen LogP contribution in [-0.2, 0) is 11.2 Å². The summed E-state index contributed by atoms with van der Waals surface area (Å²) in [4.78, 5) is 29.9. The Morgan fingerprint density at radius 1 is 1.19 bits per heavy atom. The number of fused-ring (bicyclic) bond motifs is 1. The zero-order chi connectivity index (χ0) is 15.1. The lowest BCUT2D eigenvalue weighted by atomic mass is 10.1. The largest absolute Gasteiger partial charge is 0.310 e. The second-order valence-electron chi connectivity index (χ2n) is 4.98. The van der Waals surface area contributed by atoms with E-state index in [9.17, 15) is 9.59 Å². The first kappa shape index (κ1) is 15.2. The quantitative estimate of drug-likeness (QED) is 0.412. The van der Waals surface area contributed by atoms with Crippen molar-refractivity contribution in [2.75, 3.05) is 0 Å². The Hall–Kier alpha value is -2.21. The number of hydrogen-bond donors (Lipinski definition) is 3. The van der Waals surface area contributed by atoms with Gasteiger partial charge < -0.3 is 4.98 Å². The van der Waals surface area contributed by atoms with Gasteiger partial charge in [-0.3, -0.25) is 14.8 Å². The molecule has 6 nitrogen and oxygen atoms in total. The van der Waals surface area contributed by atoms with Crippen molar-refractivity contribution in [2.24, 2.45) is 0 Å². The third-order valence-corrected chi connectivity index (χ3v) is 3.35. The molecular weight excluding hydrogens is 270 g/mol. The summed E-state index contributed by atoms with van der Waals surface area (Å²) >= 11 is 0. The van der Waals surface area contributed by atoms with Crippen molar-refractivity contribution in [1.29, 1.82) is 0 Å². The number of amides is 1. The molecule has 0 radical (unpaired) electrons. The zero-order valence-corrected chi connectivity index (χ0v) is 11.8. The highest BCUT2D eigenvalue weighted by molar-refractivity contribution is 5.77. The minimum atomic E-state index is -0.351. The number of carbonyl (C=O) groups is 1. The number of rotatable bonds is 7. The zero-order valence-electron chi connectivity index (χ0n) is 11.8. The van der Waals surface area contributed by atoms with Crippen molar-refractivity contribution in [3.8, 4) is 0 Å². The number of para-hydroxylation sites is 1. The summed E-state index contributed by atoms with van der Waals surface area (Å²) in [5.41, 5.74) is 2.23. The van der Waals surface area contributed by atoms with Gasteiger partial charge in [0.05, 0.1) is 10.9 Å². The molecule has 1 aromatic heterocycles. The van der Waals surface area contributed by atoms with Gasteiger partial charge in [-0.2, -0.15) is 0 Å². The molecule has 0 aliphatic heterocycles. The Bertz CT molecular complexity index is 667. The first-order chi connectivity index (χ1) is 10.2. The minimum absolute atomic E-state index is 0.102. The Labute approximate surface area is 122 Å². The number of aromatic amines is 1. The fraction of sp³-hybridized carbons (Fsp3) is 0.400. The van der Waals surface area contributed by atoms with Gasteiger partial charge in [0.1, 0.15) is 5.82 Å². The van der Waals surface area contributed by atoms with Crippen LogP contribution in [0.5, 0.6) is 0 Å². The summed E-state index contributed by atoms with van der Waals surface area (Å²) in [5.74, 6) is 0.349. The van der Waals surface area contributed by atoms with Crippen LogP contribution in [0.2, 0.25) is 0 Å². The molecule has 0 unspecified atom stereocenters. The number of unbranched alkanes of at least 4 members (excludes halogenated alkanes) is 3. The van der Waals surface area contributed by atoms with E-state index in [4.69, 9.17) is 5.21 Å². The molecule has 0 bridgehead atoms. The molecule has 3 N–H and O–H groups in total. The van der Waals surface area contributed by atoms with Crippen LogP contribution in [0.1, 0.15) is 37.9 Å². The molecule has 0 atom stereocenters. The second kappa shape index (κ2) is 7.54. The number of aromatic nitrogens is 2. The first-order valence-electron chi connectivity index (χ1n) is 7.11. The molecule has 6 heteroatoms. The van der Waals surface area contributed by atoms with Crippen LogP contribution in [0.25, 0.3) is 10.9 Å². The number of benzene rings is 1. The van der Waals surface area contributed by atoms with Crippen molar-refractivity contribution >= 4 is 16.8 Å². The Morgan fingerprint density at radius 2 is 1.95 bits per heavy atom. The van der Waals surface area contributed by atoms with Crippen LogP contribution >= 0.6 is 0 Å². The minimum Gasteiger partial charge on any atom is -0.310 e. The molecule has 0 spiro atoms. The molecule has 2 rings (SSSR count). The van der Waals surface area contributed by atoms with E-state index >= 15 is 0 Å². The topological polar surface area (TPSA) is 95.1 Å². The van der Waals surface area contributed by atoms with Crippen molar-refractivity contribution in [1.82, 2.24) is 15.4 Å². The average molecular weight is 289 g/mol. The van der Waals surface area contributed by atoms with E-state index in [2.05, 4.69) is 9.97 Å². The molecule has 21 heavy (non-hydrogen) atoms. The summed E-state index contributed by atoms with van der Waals surface area (Å²) in [6, 6.07) is 7.28. The standard InChI is InChI=1S/C15H19N3O3/c19-14(18-21)10-4-2-1-3-9-13-16-12-8-6-5-7-11(12)15(20)17-13/h5-8,21H,1-4,9-10H2,(H,18,19)(H,16,17,20). The SMILES string of the molecule is O=C(CCCCCCc1nc2ccccc2c(=O)[nH]1)NO. The summed E-state index contributed by atoms with van der Waals surface area (Å²) in [7, 11) is 0. The van der Waals surface area contributed by atoms with Crippen LogP contribution in [0.4, 0.5) is 0 Å². The van der Waals surface area contributed by atoms with Crippen molar-refractivity contribution < 1.29 is 10.0 Å². The van der Waals surface area contributed by atoms with Gasteiger partial charge in [-0.1, -0.05) is 25.0 Å². The summed E-state index contributed by atoms with van der Waals surface area (Å²) in [6.45, 7) is 0. The van der Waals surface area contributed by atoms with E-state index in [-0.39, 0.29) is 11.5 Å². The van der Waals surface area contributed by atoms with E-state index in [0.29, 0.717) is 24.1 Å². The molecule has 0 saturated carbocycles. The molecule has 2 aromatic rings. The van der Waals surface area contributed by atoms with Gasteiger partial charge in [0.25, 0.3) is 5.56 Å². The van der Waals surface area contributed by atoms with Crippen LogP contribution < -0.4 is 11.0 Å². The second-order valence-corrected chi connectivity index (χ2v) is 4.98. The number of H-pyrrole nitrogens is 1. The third-order valence-electron chi connectivity index (χ3n) is 3.35. The molecular formula is C15H19N3O3.